The second-order valence-electron chi connectivity index (χ2n) is 17.0. The Bertz CT molecular complexity index is 1770. The predicted octanol–water partition coefficient (Wildman–Crippen LogP) is 4.30. The summed E-state index contributed by atoms with van der Waals surface area (Å²) in [5.74, 6) is -0.971. The molecule has 2 aromatic rings. The molecule has 2 heterocycles. The number of morpholine rings is 1. The number of Topliss-reactive ketones (excluding diaryl/α,β-unsaturated/α-hetero) is 2. The van der Waals surface area contributed by atoms with Crippen LogP contribution in [0.1, 0.15) is 84.3 Å². The Morgan fingerprint density at radius 2 is 1.45 bits per heavy atom. The first kappa shape index (κ1) is 47.8. The van der Waals surface area contributed by atoms with E-state index in [0.29, 0.717) is 39.1 Å². The van der Waals surface area contributed by atoms with E-state index in [0.717, 1.165) is 11.1 Å². The summed E-state index contributed by atoms with van der Waals surface area (Å²) in [5, 5.41) is 5.95. The number of esters is 1. The molecule has 0 aliphatic carbocycles. The molecule has 0 radical (unpaired) electrons. The first-order chi connectivity index (χ1) is 28.7. The zero-order valence-corrected chi connectivity index (χ0v) is 36.0. The van der Waals surface area contributed by atoms with Crippen molar-refractivity contribution in [3.63, 3.8) is 0 Å². The number of epoxide rings is 1. The van der Waals surface area contributed by atoms with Gasteiger partial charge in [-0.3, -0.25) is 38.6 Å². The molecule has 4 rings (SSSR count). The van der Waals surface area contributed by atoms with Gasteiger partial charge >= 0.3 is 5.97 Å². The smallest absolute Gasteiger partial charge is 0.308 e. The van der Waals surface area contributed by atoms with Crippen LogP contribution in [0.3, 0.4) is 0 Å². The number of carbonyl (C=O) groups excluding carboxylic acids is 6. The highest BCUT2D eigenvalue weighted by molar-refractivity contribution is 5.98. The van der Waals surface area contributed by atoms with Crippen LogP contribution in [0, 0.1) is 30.1 Å². The Morgan fingerprint density at radius 3 is 2.03 bits per heavy atom. The Morgan fingerprint density at radius 1 is 0.867 bits per heavy atom. The lowest BCUT2D eigenvalue weighted by atomic mass is 9.87. The van der Waals surface area contributed by atoms with Crippen molar-refractivity contribution in [2.45, 2.75) is 110 Å². The molecule has 326 valence electrons. The summed E-state index contributed by atoms with van der Waals surface area (Å²) in [6, 6.07) is 15.9. The monoisotopic (exact) mass is 828 g/mol. The molecule has 0 aromatic heterocycles. The van der Waals surface area contributed by atoms with Crippen LogP contribution in [0.5, 0.6) is 0 Å². The number of ether oxygens (including phenoxy) is 3. The number of terminal acetylenes is 1. The largest absolute Gasteiger partial charge is 0.444 e. The summed E-state index contributed by atoms with van der Waals surface area (Å²) in [6.07, 6.45) is 6.74. The average Bonchev–Trinajstić information content (AvgIpc) is 3.98. The molecule has 0 spiro atoms. The van der Waals surface area contributed by atoms with Gasteiger partial charge < -0.3 is 24.8 Å². The van der Waals surface area contributed by atoms with Crippen molar-refractivity contribution in [3.8, 4) is 12.3 Å². The number of rotatable bonds is 25. The molecular formula is C47H64N4O9. The van der Waals surface area contributed by atoms with E-state index in [1.54, 1.807) is 6.92 Å². The Balaban J connectivity index is 1.63. The third-order valence-corrected chi connectivity index (χ3v) is 10.8. The number of amides is 3. The number of nitrogens with one attached hydrogen (secondary N) is 2. The van der Waals surface area contributed by atoms with Gasteiger partial charge in [-0.25, -0.2) is 0 Å². The van der Waals surface area contributed by atoms with E-state index in [9.17, 15) is 28.8 Å². The number of nitrogens with zero attached hydrogens (tertiary/aromatic N) is 2. The molecule has 2 aliphatic heterocycles. The minimum absolute atomic E-state index is 0.0312. The van der Waals surface area contributed by atoms with E-state index < -0.39 is 60.1 Å². The second-order valence-corrected chi connectivity index (χ2v) is 17.0. The molecule has 60 heavy (non-hydrogen) atoms. The first-order valence-electron chi connectivity index (χ1n) is 21.3. The minimum Gasteiger partial charge on any atom is -0.444 e. The molecule has 2 saturated heterocycles. The van der Waals surface area contributed by atoms with Crippen LogP contribution in [0.4, 0.5) is 0 Å². The zero-order valence-electron chi connectivity index (χ0n) is 36.0. The number of carbonyl (C=O) groups is 6. The van der Waals surface area contributed by atoms with Gasteiger partial charge in [0.25, 0.3) is 0 Å². The van der Waals surface area contributed by atoms with Crippen molar-refractivity contribution in [2.24, 2.45) is 17.8 Å². The maximum atomic E-state index is 14.7. The summed E-state index contributed by atoms with van der Waals surface area (Å²) in [4.78, 5) is 86.9. The van der Waals surface area contributed by atoms with E-state index in [2.05, 4.69) is 16.6 Å². The van der Waals surface area contributed by atoms with E-state index in [4.69, 9.17) is 20.6 Å². The highest BCUT2D eigenvalue weighted by atomic mass is 16.6. The van der Waals surface area contributed by atoms with E-state index in [1.807, 2.05) is 93.3 Å². The normalized spacial score (nSPS) is 18.4. The van der Waals surface area contributed by atoms with Gasteiger partial charge in [0, 0.05) is 31.8 Å². The molecule has 2 aliphatic rings. The summed E-state index contributed by atoms with van der Waals surface area (Å²) in [7, 11) is 0. The van der Waals surface area contributed by atoms with Crippen molar-refractivity contribution < 1.29 is 43.0 Å². The number of ketones is 2. The molecule has 13 nitrogen and oxygen atoms in total. The van der Waals surface area contributed by atoms with Gasteiger partial charge in [-0.05, 0) is 62.0 Å². The Labute approximate surface area is 355 Å². The lowest BCUT2D eigenvalue weighted by Crippen LogP contribution is -2.56. The molecule has 0 unspecified atom stereocenters. The van der Waals surface area contributed by atoms with E-state index in [-0.39, 0.29) is 75.1 Å². The first-order valence-corrected chi connectivity index (χ1v) is 21.3. The van der Waals surface area contributed by atoms with E-state index >= 15 is 0 Å². The second kappa shape index (κ2) is 23.8. The molecule has 3 amide bonds. The van der Waals surface area contributed by atoms with Gasteiger partial charge in [0.15, 0.2) is 18.3 Å². The maximum absolute atomic E-state index is 14.7. The lowest BCUT2D eigenvalue weighted by molar-refractivity contribution is -0.159. The highest BCUT2D eigenvalue weighted by Gasteiger charge is 2.50. The Kier molecular flexibility index (Phi) is 18.9. The van der Waals surface area contributed by atoms with Crippen LogP contribution >= 0.6 is 0 Å². The summed E-state index contributed by atoms with van der Waals surface area (Å²) in [5.41, 5.74) is 0.827. The van der Waals surface area contributed by atoms with Crippen molar-refractivity contribution in [3.05, 3.63) is 71.8 Å². The van der Waals surface area contributed by atoms with Crippen molar-refractivity contribution in [1.82, 2.24) is 20.4 Å². The fourth-order valence-corrected chi connectivity index (χ4v) is 7.30. The third-order valence-electron chi connectivity index (χ3n) is 10.8. The van der Waals surface area contributed by atoms with Crippen LogP contribution in [-0.2, 0) is 55.8 Å². The maximum Gasteiger partial charge on any atom is 0.308 e. The third kappa shape index (κ3) is 15.6. The molecule has 2 N–H and O–H groups in total. The molecule has 13 heteroatoms. The van der Waals surface area contributed by atoms with Crippen LogP contribution < -0.4 is 10.6 Å². The van der Waals surface area contributed by atoms with Crippen LogP contribution in [0.2, 0.25) is 0 Å². The number of aryl methyl sites for hydroxylation is 1. The van der Waals surface area contributed by atoms with Gasteiger partial charge in [-0.1, -0.05) is 88.4 Å². The number of hydrogen-bond acceptors (Lipinski definition) is 10. The lowest BCUT2D eigenvalue weighted by Gasteiger charge is -2.34. The fourth-order valence-electron chi connectivity index (χ4n) is 7.30. The summed E-state index contributed by atoms with van der Waals surface area (Å²) >= 11 is 0. The number of hydrogen-bond donors (Lipinski definition) is 2. The minimum atomic E-state index is -1.13. The van der Waals surface area contributed by atoms with Crippen molar-refractivity contribution in [2.75, 3.05) is 46.2 Å². The van der Waals surface area contributed by atoms with Gasteiger partial charge in [0.1, 0.15) is 11.6 Å². The molecule has 5 atom stereocenters. The molecule has 2 fully saturated rings. The standard InChI is InChI=1S/C47H64N4O9/c1-7-8-19-43(54)59-32-51(42(53)30-50-22-24-58-25-23-50)40(21-20-35-15-11-9-12-16-35)46(57)48-38(26-33(2)3)41(52)29-37(28-36-17-13-10-14-18-36)45(56)49-39(27-34(4)5)44(55)47(6)31-60-47/h1,9-18,33-34,37-40H,8,19-32H2,2-6H3,(H,48,57)(H,49,56)/t37-,38+,39+,40+,47-/m1/s1. The van der Waals surface area contributed by atoms with Gasteiger partial charge in [0.05, 0.1) is 44.9 Å². The topological polar surface area (TPSA) is 164 Å². The van der Waals surface area contributed by atoms with Crippen molar-refractivity contribution in [1.29, 1.82) is 0 Å². The molecular weight excluding hydrogens is 765 g/mol. The quantitative estimate of drug-likeness (QED) is 0.0639. The molecule has 0 saturated carbocycles. The van der Waals surface area contributed by atoms with Crippen LogP contribution in [0.25, 0.3) is 0 Å². The zero-order chi connectivity index (χ0) is 43.7. The van der Waals surface area contributed by atoms with Gasteiger partial charge in [-0.15, -0.1) is 12.3 Å². The van der Waals surface area contributed by atoms with Gasteiger partial charge in [-0.2, -0.15) is 0 Å². The van der Waals surface area contributed by atoms with Crippen LogP contribution in [0.15, 0.2) is 60.7 Å². The number of benzene rings is 2. The highest BCUT2D eigenvalue weighted by Crippen LogP contribution is 2.30. The van der Waals surface area contributed by atoms with E-state index in [1.165, 1.54) is 4.90 Å². The Hall–Kier alpha value is -4.90. The van der Waals surface area contributed by atoms with Crippen molar-refractivity contribution >= 4 is 35.3 Å². The molecule has 2 aromatic carbocycles. The predicted molar refractivity (Wildman–Crippen MR) is 227 cm³/mol. The fraction of sp³-hybridized carbons (Fsp3) is 0.574. The average molecular weight is 829 g/mol. The SMILES string of the molecule is C#CCCC(=O)OCN(C(=O)CN1CCOCC1)[C@@H](CCc1ccccc1)C(=O)N[C@@H](CC(C)C)C(=O)C[C@@H](Cc1ccccc1)C(=O)N[C@@H](CC(C)C)C(=O)[C@@]1(C)CO1. The van der Waals surface area contributed by atoms with Crippen LogP contribution in [-0.4, -0.2) is 115 Å². The van der Waals surface area contributed by atoms with Gasteiger partial charge in [0.2, 0.25) is 17.7 Å². The summed E-state index contributed by atoms with van der Waals surface area (Å²) in [6.45, 7) is 11.2. The summed E-state index contributed by atoms with van der Waals surface area (Å²) < 4.78 is 16.5. The molecule has 0 bridgehead atoms.